The highest BCUT2D eigenvalue weighted by Gasteiger charge is 2.16. The number of hydrogen-bond donors (Lipinski definition) is 2. The van der Waals surface area contributed by atoms with Crippen LogP contribution in [0.25, 0.3) is 0 Å². The van der Waals surface area contributed by atoms with Crippen LogP contribution in [-0.2, 0) is 14.8 Å². The number of hydrogen-bond acceptors (Lipinski definition) is 5. The number of amides is 1. The van der Waals surface area contributed by atoms with Crippen LogP contribution in [0.4, 0.5) is 11.6 Å². The molecule has 2 rings (SSSR count). The van der Waals surface area contributed by atoms with Crippen molar-refractivity contribution in [1.82, 2.24) is 9.97 Å². The molecule has 0 bridgehead atoms. The number of nitrogens with one attached hydrogen (secondary N) is 2. The fraction of sp³-hybridized carbons (Fsp3) is 0.267. The highest BCUT2D eigenvalue weighted by molar-refractivity contribution is 7.92. The van der Waals surface area contributed by atoms with E-state index in [0.29, 0.717) is 17.1 Å². The van der Waals surface area contributed by atoms with Crippen molar-refractivity contribution >= 4 is 39.2 Å². The smallest absolute Gasteiger partial charge is 0.264 e. The molecule has 2 N–H and O–H groups in total. The van der Waals surface area contributed by atoms with Crippen molar-refractivity contribution in [3.63, 3.8) is 0 Å². The van der Waals surface area contributed by atoms with Crippen molar-refractivity contribution in [2.24, 2.45) is 0 Å². The Morgan fingerprint density at radius 3 is 2.17 bits per heavy atom. The third-order valence-corrected chi connectivity index (χ3v) is 4.54. The molecule has 1 atom stereocenters. The van der Waals surface area contributed by atoms with E-state index in [1.165, 1.54) is 24.3 Å². The minimum absolute atomic E-state index is 0.0147. The molecule has 24 heavy (non-hydrogen) atoms. The van der Waals surface area contributed by atoms with E-state index in [0.717, 1.165) is 0 Å². The molecule has 0 saturated carbocycles. The van der Waals surface area contributed by atoms with Crippen LogP contribution < -0.4 is 10.0 Å². The van der Waals surface area contributed by atoms with E-state index >= 15 is 0 Å². The van der Waals surface area contributed by atoms with Gasteiger partial charge in [0.25, 0.3) is 10.0 Å². The molecule has 7 nitrogen and oxygen atoms in total. The molecular weight excluding hydrogens is 352 g/mol. The van der Waals surface area contributed by atoms with E-state index in [4.69, 9.17) is 11.6 Å². The van der Waals surface area contributed by atoms with Gasteiger partial charge in [-0.1, -0.05) is 0 Å². The summed E-state index contributed by atoms with van der Waals surface area (Å²) in [6, 6.07) is 7.45. The fourth-order valence-electron chi connectivity index (χ4n) is 1.91. The van der Waals surface area contributed by atoms with E-state index in [1.54, 1.807) is 26.8 Å². The molecule has 9 heteroatoms. The Morgan fingerprint density at radius 1 is 1.12 bits per heavy atom. The van der Waals surface area contributed by atoms with E-state index in [9.17, 15) is 13.2 Å². The van der Waals surface area contributed by atoms with Crippen LogP contribution in [0.3, 0.4) is 0 Å². The molecule has 1 unspecified atom stereocenters. The maximum absolute atomic E-state index is 12.4. The average molecular weight is 369 g/mol. The van der Waals surface area contributed by atoms with Crippen LogP contribution in [0.5, 0.6) is 0 Å². The molecule has 1 heterocycles. The number of aryl methyl sites for hydroxylation is 2. The first kappa shape index (κ1) is 18.2. The number of sulfonamides is 1. The number of halogens is 1. The van der Waals surface area contributed by atoms with Gasteiger partial charge in [0.1, 0.15) is 5.38 Å². The highest BCUT2D eigenvalue weighted by atomic mass is 35.5. The molecule has 128 valence electrons. The largest absolute Gasteiger partial charge is 0.325 e. The SMILES string of the molecule is Cc1cc(C)nc(NS(=O)(=O)c2ccc(NC(=O)C(C)Cl)cc2)n1. The zero-order chi connectivity index (χ0) is 17.9. The van der Waals surface area contributed by atoms with Gasteiger partial charge in [-0.2, -0.15) is 0 Å². The second kappa shape index (κ2) is 7.14. The Kier molecular flexibility index (Phi) is 5.40. The number of benzene rings is 1. The zero-order valence-electron chi connectivity index (χ0n) is 13.4. The Bertz CT molecular complexity index is 831. The minimum atomic E-state index is -3.82. The Labute approximate surface area is 145 Å². The van der Waals surface area contributed by atoms with Crippen molar-refractivity contribution in [3.8, 4) is 0 Å². The molecule has 2 aromatic rings. The lowest BCUT2D eigenvalue weighted by Gasteiger charge is -2.10. The van der Waals surface area contributed by atoms with Gasteiger partial charge >= 0.3 is 0 Å². The lowest BCUT2D eigenvalue weighted by atomic mass is 10.3. The lowest BCUT2D eigenvalue weighted by molar-refractivity contribution is -0.115. The number of carbonyl (C=O) groups excluding carboxylic acids is 1. The molecule has 0 radical (unpaired) electrons. The second-order valence-corrected chi connectivity index (χ2v) is 7.55. The molecule has 0 aliphatic rings. The first-order valence-corrected chi connectivity index (χ1v) is 8.99. The van der Waals surface area contributed by atoms with Crippen molar-refractivity contribution in [1.29, 1.82) is 0 Å². The number of rotatable bonds is 5. The summed E-state index contributed by atoms with van der Waals surface area (Å²) in [4.78, 5) is 19.6. The highest BCUT2D eigenvalue weighted by Crippen LogP contribution is 2.17. The van der Waals surface area contributed by atoms with Gasteiger partial charge in [-0.15, -0.1) is 11.6 Å². The normalized spacial score (nSPS) is 12.5. The van der Waals surface area contributed by atoms with Crippen molar-refractivity contribution < 1.29 is 13.2 Å². The molecule has 0 fully saturated rings. The zero-order valence-corrected chi connectivity index (χ0v) is 14.9. The molecule has 1 aromatic carbocycles. The summed E-state index contributed by atoms with van der Waals surface area (Å²) in [5, 5.41) is 1.89. The van der Waals surface area contributed by atoms with Gasteiger partial charge in [-0.05, 0) is 51.1 Å². The first-order chi connectivity index (χ1) is 11.2. The summed E-state index contributed by atoms with van der Waals surface area (Å²) in [6.07, 6.45) is 0. The predicted octanol–water partition coefficient (Wildman–Crippen LogP) is 2.46. The van der Waals surface area contributed by atoms with Crippen LogP contribution in [0.15, 0.2) is 35.2 Å². The average Bonchev–Trinajstić information content (AvgIpc) is 2.46. The quantitative estimate of drug-likeness (QED) is 0.789. The topological polar surface area (TPSA) is 101 Å². The summed E-state index contributed by atoms with van der Waals surface area (Å²) in [7, 11) is -3.82. The third kappa shape index (κ3) is 4.65. The van der Waals surface area contributed by atoms with Crippen molar-refractivity contribution in [3.05, 3.63) is 41.7 Å². The summed E-state index contributed by atoms with van der Waals surface area (Å²) in [5.74, 6) is -0.352. The Morgan fingerprint density at radius 2 is 1.67 bits per heavy atom. The van der Waals surface area contributed by atoms with Gasteiger partial charge in [0.2, 0.25) is 11.9 Å². The third-order valence-electron chi connectivity index (χ3n) is 3.00. The Hall–Kier alpha value is -2.19. The number of nitrogens with zero attached hydrogens (tertiary/aromatic N) is 2. The van der Waals surface area contributed by atoms with Gasteiger partial charge < -0.3 is 5.32 Å². The summed E-state index contributed by atoms with van der Waals surface area (Å²) < 4.78 is 27.1. The summed E-state index contributed by atoms with van der Waals surface area (Å²) in [6.45, 7) is 5.05. The first-order valence-electron chi connectivity index (χ1n) is 7.07. The molecule has 0 saturated heterocycles. The van der Waals surface area contributed by atoms with E-state index in [1.807, 2.05) is 0 Å². The molecular formula is C15H17ClN4O3S. The van der Waals surface area contributed by atoms with E-state index in [-0.39, 0.29) is 16.8 Å². The molecule has 1 aromatic heterocycles. The summed E-state index contributed by atoms with van der Waals surface area (Å²) >= 11 is 5.67. The Balaban J connectivity index is 2.19. The van der Waals surface area contributed by atoms with E-state index in [2.05, 4.69) is 20.0 Å². The maximum Gasteiger partial charge on any atom is 0.264 e. The van der Waals surface area contributed by atoms with Crippen LogP contribution >= 0.6 is 11.6 Å². The standard InChI is InChI=1S/C15H17ClN4O3S/c1-9-8-10(2)18-15(17-9)20-24(22,23)13-6-4-12(5-7-13)19-14(21)11(3)16/h4-8,11H,1-3H3,(H,19,21)(H,17,18,20). The van der Waals surface area contributed by atoms with Crippen LogP contribution in [0, 0.1) is 13.8 Å². The molecule has 1 amide bonds. The van der Waals surface area contributed by atoms with E-state index < -0.39 is 15.4 Å². The molecule has 0 aliphatic carbocycles. The van der Waals surface area contributed by atoms with Gasteiger partial charge in [-0.25, -0.2) is 23.1 Å². The fourth-order valence-corrected chi connectivity index (χ4v) is 2.91. The van der Waals surface area contributed by atoms with Gasteiger partial charge in [0, 0.05) is 17.1 Å². The molecule has 0 aliphatic heterocycles. The summed E-state index contributed by atoms with van der Waals surface area (Å²) in [5.41, 5.74) is 1.77. The number of anilines is 2. The lowest BCUT2D eigenvalue weighted by Crippen LogP contribution is -2.20. The van der Waals surface area contributed by atoms with Crippen molar-refractivity contribution in [2.45, 2.75) is 31.0 Å². The van der Waals surface area contributed by atoms with Gasteiger partial charge in [0.15, 0.2) is 0 Å². The van der Waals surface area contributed by atoms with Crippen LogP contribution in [-0.4, -0.2) is 29.7 Å². The second-order valence-electron chi connectivity index (χ2n) is 5.21. The minimum Gasteiger partial charge on any atom is -0.325 e. The maximum atomic E-state index is 12.4. The number of carbonyl (C=O) groups is 1. The van der Waals surface area contributed by atoms with Gasteiger partial charge in [-0.3, -0.25) is 4.79 Å². The van der Waals surface area contributed by atoms with Crippen LogP contribution in [0.2, 0.25) is 0 Å². The van der Waals surface area contributed by atoms with Crippen LogP contribution in [0.1, 0.15) is 18.3 Å². The van der Waals surface area contributed by atoms with Gasteiger partial charge in [0.05, 0.1) is 4.90 Å². The van der Waals surface area contributed by atoms with Crippen molar-refractivity contribution in [2.75, 3.05) is 10.0 Å². The predicted molar refractivity (Wildman–Crippen MR) is 92.7 cm³/mol. The number of aromatic nitrogens is 2. The number of alkyl halides is 1. The monoisotopic (exact) mass is 368 g/mol. The molecule has 0 spiro atoms.